The van der Waals surface area contributed by atoms with Crippen LogP contribution in [-0.4, -0.2) is 24.3 Å². The second kappa shape index (κ2) is 5.12. The first-order valence-corrected chi connectivity index (χ1v) is 7.99. The standard InChI is InChI=1S/C18H18N2O4/c1-3-23-16(21)14-15-13-11-7-5-4-6-10(11)8-9-12(13)24-18(14,2)20-17(22)19-15/h4-9,14-15H,3H2,1-2H3,(H2,19,20,22)/t14-,15?,18?/m0/s1. The molecule has 2 aliphatic heterocycles. The number of carbonyl (C=O) groups excluding carboxylic acids is 2. The van der Waals surface area contributed by atoms with E-state index in [-0.39, 0.29) is 12.6 Å². The Morgan fingerprint density at radius 1 is 1.29 bits per heavy atom. The summed E-state index contributed by atoms with van der Waals surface area (Å²) in [6.45, 7) is 3.74. The molecular formula is C18H18N2O4. The third-order valence-corrected chi connectivity index (χ3v) is 4.68. The Morgan fingerprint density at radius 2 is 2.08 bits per heavy atom. The van der Waals surface area contributed by atoms with E-state index in [1.54, 1.807) is 13.8 Å². The number of amides is 2. The molecule has 0 radical (unpaired) electrons. The molecule has 6 nitrogen and oxygen atoms in total. The van der Waals surface area contributed by atoms with Gasteiger partial charge in [-0.3, -0.25) is 10.1 Å². The van der Waals surface area contributed by atoms with Crippen molar-refractivity contribution in [3.05, 3.63) is 42.0 Å². The predicted molar refractivity (Wildman–Crippen MR) is 87.5 cm³/mol. The molecule has 2 bridgehead atoms. The van der Waals surface area contributed by atoms with E-state index in [4.69, 9.17) is 9.47 Å². The quantitative estimate of drug-likeness (QED) is 0.831. The highest BCUT2D eigenvalue weighted by Crippen LogP contribution is 2.47. The summed E-state index contributed by atoms with van der Waals surface area (Å²) in [5, 5.41) is 7.59. The Bertz CT molecular complexity index is 850. The zero-order chi connectivity index (χ0) is 16.9. The molecule has 1 fully saturated rings. The lowest BCUT2D eigenvalue weighted by atomic mass is 9.79. The average Bonchev–Trinajstić information content (AvgIpc) is 2.53. The van der Waals surface area contributed by atoms with Crippen molar-refractivity contribution in [1.82, 2.24) is 10.6 Å². The molecule has 3 atom stereocenters. The maximum atomic E-state index is 12.6. The number of hydrogen-bond acceptors (Lipinski definition) is 4. The summed E-state index contributed by atoms with van der Waals surface area (Å²) in [5.74, 6) is -0.404. The number of hydrogen-bond donors (Lipinski definition) is 2. The lowest BCUT2D eigenvalue weighted by Gasteiger charge is -2.49. The van der Waals surface area contributed by atoms with Gasteiger partial charge in [-0.05, 0) is 30.7 Å². The van der Waals surface area contributed by atoms with E-state index < -0.39 is 23.7 Å². The molecule has 6 heteroatoms. The fraction of sp³-hybridized carbons (Fsp3) is 0.333. The van der Waals surface area contributed by atoms with E-state index in [0.717, 1.165) is 16.3 Å². The molecule has 1 saturated heterocycles. The molecule has 24 heavy (non-hydrogen) atoms. The largest absolute Gasteiger partial charge is 0.467 e. The van der Waals surface area contributed by atoms with Crippen LogP contribution in [0.3, 0.4) is 0 Å². The van der Waals surface area contributed by atoms with Gasteiger partial charge in [0, 0.05) is 5.56 Å². The summed E-state index contributed by atoms with van der Waals surface area (Å²) in [6.07, 6.45) is 0. The van der Waals surface area contributed by atoms with E-state index in [0.29, 0.717) is 5.75 Å². The average molecular weight is 326 g/mol. The van der Waals surface area contributed by atoms with E-state index in [1.165, 1.54) is 0 Å². The predicted octanol–water partition coefficient (Wildman–Crippen LogP) is 2.48. The van der Waals surface area contributed by atoms with Crippen molar-refractivity contribution in [1.29, 1.82) is 0 Å². The molecule has 0 spiro atoms. The van der Waals surface area contributed by atoms with Crippen molar-refractivity contribution in [3.63, 3.8) is 0 Å². The normalized spacial score (nSPS) is 27.5. The number of rotatable bonds is 2. The molecular weight excluding hydrogens is 308 g/mol. The van der Waals surface area contributed by atoms with Crippen LogP contribution in [0.25, 0.3) is 10.8 Å². The smallest absolute Gasteiger partial charge is 0.318 e. The monoisotopic (exact) mass is 326 g/mol. The van der Waals surface area contributed by atoms with Gasteiger partial charge in [0.1, 0.15) is 11.7 Å². The minimum atomic E-state index is -1.14. The van der Waals surface area contributed by atoms with Gasteiger partial charge < -0.3 is 14.8 Å². The topological polar surface area (TPSA) is 76.7 Å². The summed E-state index contributed by atoms with van der Waals surface area (Å²) in [5.41, 5.74) is -0.326. The van der Waals surface area contributed by atoms with Gasteiger partial charge in [0.25, 0.3) is 0 Å². The molecule has 2 N–H and O–H groups in total. The third-order valence-electron chi connectivity index (χ3n) is 4.68. The van der Waals surface area contributed by atoms with Gasteiger partial charge in [-0.1, -0.05) is 30.3 Å². The molecule has 0 aromatic heterocycles. The van der Waals surface area contributed by atoms with Crippen molar-refractivity contribution in [3.8, 4) is 5.75 Å². The van der Waals surface area contributed by atoms with Crippen molar-refractivity contribution < 1.29 is 19.1 Å². The van der Waals surface area contributed by atoms with E-state index in [2.05, 4.69) is 10.6 Å². The zero-order valence-corrected chi connectivity index (χ0v) is 13.5. The van der Waals surface area contributed by atoms with E-state index >= 15 is 0 Å². The molecule has 2 aliphatic rings. The van der Waals surface area contributed by atoms with Crippen LogP contribution in [-0.2, 0) is 9.53 Å². The maximum absolute atomic E-state index is 12.6. The minimum Gasteiger partial charge on any atom is -0.467 e. The van der Waals surface area contributed by atoms with Gasteiger partial charge in [0.15, 0.2) is 5.72 Å². The summed E-state index contributed by atoms with van der Waals surface area (Å²) in [6, 6.07) is 10.8. The number of benzene rings is 2. The molecule has 2 amide bonds. The summed E-state index contributed by atoms with van der Waals surface area (Å²) in [7, 11) is 0. The van der Waals surface area contributed by atoms with Crippen molar-refractivity contribution in [2.45, 2.75) is 25.6 Å². The molecule has 124 valence electrons. The first kappa shape index (κ1) is 14.8. The molecule has 2 aromatic carbocycles. The number of carbonyl (C=O) groups is 2. The molecule has 2 aromatic rings. The molecule has 0 saturated carbocycles. The first-order chi connectivity index (χ1) is 11.5. The van der Waals surface area contributed by atoms with E-state index in [9.17, 15) is 9.59 Å². The number of esters is 1. The molecule has 0 aliphatic carbocycles. The van der Waals surface area contributed by atoms with E-state index in [1.807, 2.05) is 36.4 Å². The van der Waals surface area contributed by atoms with Gasteiger partial charge in [-0.2, -0.15) is 0 Å². The SMILES string of the molecule is CCOC(=O)[C@@H]1C2NC(=O)NC1(C)Oc1ccc3ccccc3c12. The Morgan fingerprint density at radius 3 is 2.88 bits per heavy atom. The van der Waals surface area contributed by atoms with Crippen molar-refractivity contribution in [2.24, 2.45) is 5.92 Å². The number of urea groups is 1. The van der Waals surface area contributed by atoms with Crippen LogP contribution in [0.4, 0.5) is 4.79 Å². The van der Waals surface area contributed by atoms with Crippen LogP contribution in [0.15, 0.2) is 36.4 Å². The highest BCUT2D eigenvalue weighted by atomic mass is 16.5. The van der Waals surface area contributed by atoms with Crippen LogP contribution in [0.1, 0.15) is 25.5 Å². The maximum Gasteiger partial charge on any atom is 0.318 e. The lowest BCUT2D eigenvalue weighted by molar-refractivity contribution is -0.162. The molecule has 2 heterocycles. The van der Waals surface area contributed by atoms with Crippen LogP contribution in [0.5, 0.6) is 5.75 Å². The van der Waals surface area contributed by atoms with Crippen LogP contribution in [0.2, 0.25) is 0 Å². The Kier molecular flexibility index (Phi) is 3.16. The van der Waals surface area contributed by atoms with Gasteiger partial charge in [0.05, 0.1) is 12.6 Å². The summed E-state index contributed by atoms with van der Waals surface area (Å²) >= 11 is 0. The van der Waals surface area contributed by atoms with Gasteiger partial charge >= 0.3 is 12.0 Å². The molecule has 4 rings (SSSR count). The Hall–Kier alpha value is -2.76. The van der Waals surface area contributed by atoms with Gasteiger partial charge in [0.2, 0.25) is 0 Å². The second-order valence-electron chi connectivity index (χ2n) is 6.21. The van der Waals surface area contributed by atoms with Crippen molar-refractivity contribution in [2.75, 3.05) is 6.61 Å². The van der Waals surface area contributed by atoms with Crippen LogP contribution >= 0.6 is 0 Å². The number of fused-ring (bicyclic) bond motifs is 6. The Labute approximate surface area is 139 Å². The second-order valence-corrected chi connectivity index (χ2v) is 6.21. The summed E-state index contributed by atoms with van der Waals surface area (Å²) < 4.78 is 11.3. The fourth-order valence-electron chi connectivity index (χ4n) is 3.72. The Balaban J connectivity index is 1.94. The van der Waals surface area contributed by atoms with Gasteiger partial charge in [-0.15, -0.1) is 0 Å². The first-order valence-electron chi connectivity index (χ1n) is 7.99. The van der Waals surface area contributed by atoms with Gasteiger partial charge in [-0.25, -0.2) is 4.79 Å². The number of nitrogens with one attached hydrogen (secondary N) is 2. The minimum absolute atomic E-state index is 0.272. The van der Waals surface area contributed by atoms with Crippen LogP contribution in [0, 0.1) is 5.92 Å². The van der Waals surface area contributed by atoms with Crippen molar-refractivity contribution >= 4 is 22.8 Å². The number of ether oxygens (including phenoxy) is 2. The third kappa shape index (κ3) is 2.02. The van der Waals surface area contributed by atoms with Crippen LogP contribution < -0.4 is 15.4 Å². The highest BCUT2D eigenvalue weighted by molar-refractivity contribution is 5.92. The molecule has 2 unspecified atom stereocenters. The highest BCUT2D eigenvalue weighted by Gasteiger charge is 2.56. The summed E-state index contributed by atoms with van der Waals surface area (Å²) in [4.78, 5) is 24.7. The fourth-order valence-corrected chi connectivity index (χ4v) is 3.72. The lowest BCUT2D eigenvalue weighted by Crippen LogP contribution is -2.70. The zero-order valence-electron chi connectivity index (χ0n) is 13.5.